The fraction of sp³-hybridized carbons (Fsp3) is 0.520. The van der Waals surface area contributed by atoms with Crippen LogP contribution in [0.1, 0.15) is 58.2 Å². The highest BCUT2D eigenvalue weighted by Gasteiger charge is 2.52. The number of hydrogen-bond acceptors (Lipinski definition) is 3. The topological polar surface area (TPSA) is 39.2 Å². The summed E-state index contributed by atoms with van der Waals surface area (Å²) >= 11 is 0. The van der Waals surface area contributed by atoms with Crippen LogP contribution in [0.3, 0.4) is 0 Å². The molecule has 3 heteroatoms. The summed E-state index contributed by atoms with van der Waals surface area (Å²) in [7, 11) is 0. The van der Waals surface area contributed by atoms with Crippen molar-refractivity contribution in [3.8, 4) is 0 Å². The Morgan fingerprint density at radius 3 is 2.71 bits per heavy atom. The van der Waals surface area contributed by atoms with E-state index in [1.54, 1.807) is 6.08 Å². The minimum Gasteiger partial charge on any atom is -0.462 e. The lowest BCUT2D eigenvalue weighted by Crippen LogP contribution is -2.41. The molecule has 2 aliphatic rings. The summed E-state index contributed by atoms with van der Waals surface area (Å²) in [6, 6.07) is 4.16. The fourth-order valence-electron chi connectivity index (χ4n) is 5.33. The molecule has 3 rings (SSSR count). The van der Waals surface area contributed by atoms with E-state index in [-0.39, 0.29) is 23.9 Å². The molecule has 150 valence electrons. The molecule has 28 heavy (non-hydrogen) atoms. The molecule has 1 saturated heterocycles. The molecule has 0 spiro atoms. The van der Waals surface area contributed by atoms with Crippen LogP contribution in [0, 0.1) is 29.6 Å². The first kappa shape index (κ1) is 20.6. The summed E-state index contributed by atoms with van der Waals surface area (Å²) in [6.45, 7) is 12.4. The van der Waals surface area contributed by atoms with E-state index < -0.39 is 0 Å². The summed E-state index contributed by atoms with van der Waals surface area (Å²) in [5.41, 5.74) is 3.22. The molecule has 0 radical (unpaired) electrons. The predicted octanol–water partition coefficient (Wildman–Crippen LogP) is 5.93. The number of nitrogens with zero attached hydrogens (tertiary/aromatic N) is 1. The predicted molar refractivity (Wildman–Crippen MR) is 115 cm³/mol. The second-order valence-corrected chi connectivity index (χ2v) is 8.30. The van der Waals surface area contributed by atoms with Crippen molar-refractivity contribution in [1.29, 1.82) is 0 Å². The van der Waals surface area contributed by atoms with Crippen LogP contribution in [0.25, 0.3) is 11.6 Å². The quantitative estimate of drug-likeness (QED) is 0.454. The highest BCUT2D eigenvalue weighted by atomic mass is 16.6. The van der Waals surface area contributed by atoms with E-state index in [1.165, 1.54) is 0 Å². The third-order valence-corrected chi connectivity index (χ3v) is 6.81. The Morgan fingerprint density at radius 2 is 2.11 bits per heavy atom. The first-order chi connectivity index (χ1) is 13.5. The molecule has 1 aliphatic carbocycles. The van der Waals surface area contributed by atoms with Gasteiger partial charge in [-0.05, 0) is 61.3 Å². The van der Waals surface area contributed by atoms with Crippen molar-refractivity contribution in [2.45, 2.75) is 53.1 Å². The first-order valence-electron chi connectivity index (χ1n) is 10.6. The SMILES string of the molecule is C=C/C=C(\C)c1ccc(/C=C/C2C(CC)C(CC)CC3C(=O)OC(C)C32)nc1. The van der Waals surface area contributed by atoms with Gasteiger partial charge in [-0.15, -0.1) is 0 Å². The number of rotatable bonds is 6. The van der Waals surface area contributed by atoms with Crippen molar-refractivity contribution in [2.24, 2.45) is 29.6 Å². The number of fused-ring (bicyclic) bond motifs is 1. The van der Waals surface area contributed by atoms with Gasteiger partial charge in [0.05, 0.1) is 11.6 Å². The Bertz CT molecular complexity index is 761. The molecule has 0 N–H and O–H groups in total. The number of pyridine rings is 1. The Balaban J connectivity index is 1.85. The van der Waals surface area contributed by atoms with Crippen LogP contribution in [-0.4, -0.2) is 17.1 Å². The van der Waals surface area contributed by atoms with Gasteiger partial charge in [-0.25, -0.2) is 0 Å². The van der Waals surface area contributed by atoms with Crippen LogP contribution in [0.15, 0.2) is 43.1 Å². The Labute approximate surface area is 169 Å². The van der Waals surface area contributed by atoms with Gasteiger partial charge < -0.3 is 4.74 Å². The van der Waals surface area contributed by atoms with E-state index in [2.05, 4.69) is 63.5 Å². The third-order valence-electron chi connectivity index (χ3n) is 6.81. The molecular weight excluding hydrogens is 346 g/mol. The lowest BCUT2D eigenvalue weighted by Gasteiger charge is -2.43. The Hall–Kier alpha value is -2.16. The zero-order valence-electron chi connectivity index (χ0n) is 17.6. The minimum atomic E-state index is 0.000955. The number of carbonyl (C=O) groups is 1. The normalized spacial score (nSPS) is 33.0. The number of allylic oxidation sites excluding steroid dienone is 4. The molecule has 1 saturated carbocycles. The molecule has 1 aromatic heterocycles. The number of esters is 1. The van der Waals surface area contributed by atoms with Crippen molar-refractivity contribution in [3.63, 3.8) is 0 Å². The molecule has 2 fully saturated rings. The maximum absolute atomic E-state index is 12.4. The summed E-state index contributed by atoms with van der Waals surface area (Å²) in [4.78, 5) is 17.0. The standard InChI is InChI=1S/C25H33NO2/c1-6-9-16(4)19-10-11-20(26-15-19)12-13-22-21(8-3)18(7-2)14-23-24(22)17(5)28-25(23)27/h6,9-13,15,17-18,21-24H,1,7-8,14H2,2-5H3/b13-12+,16-9+. The smallest absolute Gasteiger partial charge is 0.309 e. The maximum atomic E-state index is 12.4. The van der Waals surface area contributed by atoms with Crippen molar-refractivity contribution >= 4 is 17.6 Å². The van der Waals surface area contributed by atoms with Gasteiger partial charge in [-0.1, -0.05) is 57.6 Å². The summed E-state index contributed by atoms with van der Waals surface area (Å²) in [5, 5.41) is 0. The van der Waals surface area contributed by atoms with Crippen LogP contribution in [0.4, 0.5) is 0 Å². The lowest BCUT2D eigenvalue weighted by molar-refractivity contribution is -0.144. The first-order valence-corrected chi connectivity index (χ1v) is 10.6. The van der Waals surface area contributed by atoms with Gasteiger partial charge >= 0.3 is 5.97 Å². The Morgan fingerprint density at radius 1 is 1.32 bits per heavy atom. The molecular formula is C25H33NO2. The van der Waals surface area contributed by atoms with E-state index in [0.29, 0.717) is 17.8 Å². The second-order valence-electron chi connectivity index (χ2n) is 8.30. The molecule has 0 aromatic carbocycles. The van der Waals surface area contributed by atoms with Crippen LogP contribution in [-0.2, 0) is 9.53 Å². The van der Waals surface area contributed by atoms with Crippen molar-refractivity contribution in [1.82, 2.24) is 4.98 Å². The monoisotopic (exact) mass is 379 g/mol. The average molecular weight is 380 g/mol. The van der Waals surface area contributed by atoms with Crippen LogP contribution in [0.5, 0.6) is 0 Å². The third kappa shape index (κ3) is 3.99. The summed E-state index contributed by atoms with van der Waals surface area (Å²) in [6.07, 6.45) is 13.4. The lowest BCUT2D eigenvalue weighted by atomic mass is 9.60. The highest BCUT2D eigenvalue weighted by molar-refractivity contribution is 5.75. The summed E-state index contributed by atoms with van der Waals surface area (Å²) < 4.78 is 5.64. The number of hydrogen-bond donors (Lipinski definition) is 0. The number of cyclic esters (lactones) is 1. The molecule has 2 heterocycles. The molecule has 0 amide bonds. The van der Waals surface area contributed by atoms with Crippen molar-refractivity contribution < 1.29 is 9.53 Å². The van der Waals surface area contributed by atoms with Crippen LogP contribution >= 0.6 is 0 Å². The van der Waals surface area contributed by atoms with Gasteiger partial charge in [-0.2, -0.15) is 0 Å². The number of aromatic nitrogens is 1. The average Bonchev–Trinajstić information content (AvgIpc) is 2.99. The molecule has 6 atom stereocenters. The maximum Gasteiger partial charge on any atom is 0.309 e. The molecule has 3 nitrogen and oxygen atoms in total. The number of carbonyl (C=O) groups excluding carboxylic acids is 1. The van der Waals surface area contributed by atoms with E-state index in [4.69, 9.17) is 4.74 Å². The van der Waals surface area contributed by atoms with Gasteiger partial charge in [-0.3, -0.25) is 9.78 Å². The Kier molecular flexibility index (Phi) is 6.53. The fourth-order valence-corrected chi connectivity index (χ4v) is 5.33. The van der Waals surface area contributed by atoms with Gasteiger partial charge in [0.15, 0.2) is 0 Å². The number of ether oxygens (including phenoxy) is 1. The summed E-state index contributed by atoms with van der Waals surface area (Å²) in [5.74, 6) is 1.89. The van der Waals surface area contributed by atoms with E-state index in [1.807, 2.05) is 12.3 Å². The van der Waals surface area contributed by atoms with E-state index in [9.17, 15) is 4.79 Å². The largest absolute Gasteiger partial charge is 0.462 e. The molecule has 1 aromatic rings. The zero-order valence-corrected chi connectivity index (χ0v) is 17.6. The second kappa shape index (κ2) is 8.89. The van der Waals surface area contributed by atoms with Crippen LogP contribution in [0.2, 0.25) is 0 Å². The van der Waals surface area contributed by atoms with Gasteiger partial charge in [0.1, 0.15) is 6.10 Å². The minimum absolute atomic E-state index is 0.000955. The molecule has 6 unspecified atom stereocenters. The molecule has 0 bridgehead atoms. The van der Waals surface area contributed by atoms with Crippen molar-refractivity contribution in [3.05, 3.63) is 54.4 Å². The van der Waals surface area contributed by atoms with Crippen molar-refractivity contribution in [2.75, 3.05) is 0 Å². The van der Waals surface area contributed by atoms with E-state index in [0.717, 1.165) is 36.1 Å². The van der Waals surface area contributed by atoms with Gasteiger partial charge in [0.2, 0.25) is 0 Å². The van der Waals surface area contributed by atoms with Crippen LogP contribution < -0.4 is 0 Å². The molecule has 1 aliphatic heterocycles. The van der Waals surface area contributed by atoms with E-state index >= 15 is 0 Å². The van der Waals surface area contributed by atoms with Gasteiger partial charge in [0.25, 0.3) is 0 Å². The zero-order chi connectivity index (χ0) is 20.3. The van der Waals surface area contributed by atoms with Gasteiger partial charge in [0, 0.05) is 12.1 Å². The highest BCUT2D eigenvalue weighted by Crippen LogP contribution is 2.51.